The Morgan fingerprint density at radius 2 is 2.14 bits per heavy atom. The molecule has 1 heterocycles. The second-order valence-corrected chi connectivity index (χ2v) is 5.94. The van der Waals surface area contributed by atoms with Crippen LogP contribution in [0.15, 0.2) is 29.1 Å². The fraction of sp³-hybridized carbons (Fsp3) is 0.312. The zero-order valence-corrected chi connectivity index (χ0v) is 13.4. The summed E-state index contributed by atoms with van der Waals surface area (Å²) in [5.41, 5.74) is 1.18. The van der Waals surface area contributed by atoms with Crippen molar-refractivity contribution >= 4 is 11.6 Å². The van der Waals surface area contributed by atoms with E-state index in [2.05, 4.69) is 16.3 Å². The highest BCUT2D eigenvalue weighted by Crippen LogP contribution is 2.35. The van der Waals surface area contributed by atoms with Crippen LogP contribution in [0, 0.1) is 18.3 Å². The lowest BCUT2D eigenvalue weighted by molar-refractivity contribution is 0.293. The fourth-order valence-electron chi connectivity index (χ4n) is 1.93. The number of aryl methyl sites for hydroxylation is 1. The van der Waals surface area contributed by atoms with Crippen LogP contribution in [0.4, 0.5) is 0 Å². The Hall–Kier alpha value is -2.32. The molecule has 114 valence electrons. The number of nitrogens with one attached hydrogen (secondary N) is 1. The van der Waals surface area contributed by atoms with Gasteiger partial charge in [0.25, 0.3) is 5.56 Å². The maximum absolute atomic E-state index is 11.0. The number of benzene rings is 1. The minimum Gasteiger partial charge on any atom is -0.487 e. The molecule has 0 spiro atoms. The van der Waals surface area contributed by atoms with Crippen LogP contribution in [-0.2, 0) is 12.0 Å². The molecule has 0 fully saturated rings. The van der Waals surface area contributed by atoms with Gasteiger partial charge in [-0.2, -0.15) is 10.4 Å². The smallest absolute Gasteiger partial charge is 0.264 e. The molecular weight excluding hydrogens is 302 g/mol. The molecule has 2 aromatic rings. The summed E-state index contributed by atoms with van der Waals surface area (Å²) in [5.74, 6) is 0.585. The highest BCUT2D eigenvalue weighted by molar-refractivity contribution is 6.31. The molecule has 0 aliphatic rings. The SMILES string of the molecule is Cc1cc(OCc2ccc(=O)[nH]n2)c(C(C)(C)C#N)cc1Cl. The standard InChI is InChI=1S/C16H16ClN3O2/c1-10-6-14(12(7-13(10)17)16(2,3)9-18)22-8-11-4-5-15(21)20-19-11/h4-7H,8H2,1-3H3,(H,20,21). The Bertz CT molecular complexity index is 770. The summed E-state index contributed by atoms with van der Waals surface area (Å²) in [6.07, 6.45) is 0. The number of hydrogen-bond acceptors (Lipinski definition) is 4. The molecular formula is C16H16ClN3O2. The number of hydrogen-bond donors (Lipinski definition) is 1. The van der Waals surface area contributed by atoms with Gasteiger partial charge in [0, 0.05) is 16.7 Å². The molecule has 1 N–H and O–H groups in total. The molecule has 0 aliphatic carbocycles. The van der Waals surface area contributed by atoms with E-state index in [0.717, 1.165) is 11.1 Å². The third-order valence-electron chi connectivity index (χ3n) is 3.33. The predicted molar refractivity (Wildman–Crippen MR) is 84.0 cm³/mol. The summed E-state index contributed by atoms with van der Waals surface area (Å²) in [5, 5.41) is 16.2. The monoisotopic (exact) mass is 317 g/mol. The first-order valence-electron chi connectivity index (χ1n) is 6.73. The van der Waals surface area contributed by atoms with E-state index in [-0.39, 0.29) is 12.2 Å². The summed E-state index contributed by atoms with van der Waals surface area (Å²) in [6, 6.07) is 8.80. The topological polar surface area (TPSA) is 78.8 Å². The molecule has 2 rings (SSSR count). The highest BCUT2D eigenvalue weighted by Gasteiger charge is 2.25. The van der Waals surface area contributed by atoms with Crippen molar-refractivity contribution in [2.24, 2.45) is 0 Å². The van der Waals surface area contributed by atoms with Gasteiger partial charge in [0.2, 0.25) is 0 Å². The quantitative estimate of drug-likeness (QED) is 0.939. The Morgan fingerprint density at radius 3 is 2.73 bits per heavy atom. The molecule has 0 radical (unpaired) electrons. The van der Waals surface area contributed by atoms with Gasteiger partial charge in [-0.1, -0.05) is 11.6 Å². The number of aromatic amines is 1. The third-order valence-corrected chi connectivity index (χ3v) is 3.73. The average molecular weight is 318 g/mol. The number of H-pyrrole nitrogens is 1. The fourth-order valence-corrected chi connectivity index (χ4v) is 2.09. The molecule has 1 aromatic heterocycles. The zero-order valence-electron chi connectivity index (χ0n) is 12.6. The Kier molecular flexibility index (Phi) is 4.53. The second kappa shape index (κ2) is 6.20. The number of rotatable bonds is 4. The maximum atomic E-state index is 11.0. The Labute approximate surface area is 133 Å². The lowest BCUT2D eigenvalue weighted by atomic mass is 9.85. The first-order chi connectivity index (χ1) is 10.3. The van der Waals surface area contributed by atoms with E-state index in [1.165, 1.54) is 6.07 Å². The van der Waals surface area contributed by atoms with Gasteiger partial charge in [0.05, 0.1) is 17.2 Å². The van der Waals surface area contributed by atoms with Gasteiger partial charge in [-0.3, -0.25) is 4.79 Å². The first kappa shape index (κ1) is 16.1. The van der Waals surface area contributed by atoms with Crippen LogP contribution >= 0.6 is 11.6 Å². The molecule has 0 bridgehead atoms. The van der Waals surface area contributed by atoms with Crippen molar-refractivity contribution in [1.82, 2.24) is 10.2 Å². The maximum Gasteiger partial charge on any atom is 0.264 e. The van der Waals surface area contributed by atoms with Gasteiger partial charge in [0.1, 0.15) is 12.4 Å². The molecule has 1 aromatic carbocycles. The second-order valence-electron chi connectivity index (χ2n) is 5.54. The predicted octanol–water partition coefficient (Wildman–Crippen LogP) is 3.11. The number of aromatic nitrogens is 2. The minimum atomic E-state index is -0.731. The van der Waals surface area contributed by atoms with Crippen molar-refractivity contribution in [1.29, 1.82) is 5.26 Å². The number of ether oxygens (including phenoxy) is 1. The lowest BCUT2D eigenvalue weighted by Crippen LogP contribution is -2.16. The van der Waals surface area contributed by atoms with Crippen LogP contribution in [0.3, 0.4) is 0 Å². The van der Waals surface area contributed by atoms with Crippen LogP contribution in [0.2, 0.25) is 5.02 Å². The van der Waals surface area contributed by atoms with E-state index in [9.17, 15) is 10.1 Å². The van der Waals surface area contributed by atoms with Crippen molar-refractivity contribution < 1.29 is 4.74 Å². The largest absolute Gasteiger partial charge is 0.487 e. The van der Waals surface area contributed by atoms with E-state index < -0.39 is 5.41 Å². The highest BCUT2D eigenvalue weighted by atomic mass is 35.5. The van der Waals surface area contributed by atoms with Gasteiger partial charge in [-0.05, 0) is 44.5 Å². The molecule has 0 atom stereocenters. The molecule has 6 heteroatoms. The van der Waals surface area contributed by atoms with Crippen LogP contribution in [0.5, 0.6) is 5.75 Å². The summed E-state index contributed by atoms with van der Waals surface area (Å²) in [6.45, 7) is 5.67. The molecule has 0 saturated carbocycles. The van der Waals surface area contributed by atoms with Gasteiger partial charge in [0.15, 0.2) is 0 Å². The van der Waals surface area contributed by atoms with Crippen molar-refractivity contribution in [2.75, 3.05) is 0 Å². The van der Waals surface area contributed by atoms with Gasteiger partial charge in [-0.25, -0.2) is 5.10 Å². The molecule has 0 amide bonds. The van der Waals surface area contributed by atoms with Crippen LogP contribution < -0.4 is 10.3 Å². The third kappa shape index (κ3) is 3.46. The van der Waals surface area contributed by atoms with Gasteiger partial charge < -0.3 is 4.74 Å². The Morgan fingerprint density at radius 1 is 1.41 bits per heavy atom. The molecule has 5 nitrogen and oxygen atoms in total. The molecule has 0 aliphatic heterocycles. The molecule has 22 heavy (non-hydrogen) atoms. The normalized spacial score (nSPS) is 11.0. The minimum absolute atomic E-state index is 0.187. The number of nitriles is 1. The van der Waals surface area contributed by atoms with E-state index in [4.69, 9.17) is 16.3 Å². The lowest BCUT2D eigenvalue weighted by Gasteiger charge is -2.21. The summed E-state index contributed by atoms with van der Waals surface area (Å²) in [7, 11) is 0. The Balaban J connectivity index is 2.33. The van der Waals surface area contributed by atoms with Crippen molar-refractivity contribution in [3.63, 3.8) is 0 Å². The summed E-state index contributed by atoms with van der Waals surface area (Å²) in [4.78, 5) is 11.0. The number of halogens is 1. The van der Waals surface area contributed by atoms with Crippen molar-refractivity contribution in [3.8, 4) is 11.8 Å². The van der Waals surface area contributed by atoms with Gasteiger partial charge >= 0.3 is 0 Å². The van der Waals surface area contributed by atoms with E-state index in [1.807, 2.05) is 13.0 Å². The van der Waals surface area contributed by atoms with Crippen molar-refractivity contribution in [3.05, 3.63) is 56.5 Å². The van der Waals surface area contributed by atoms with Crippen LogP contribution in [-0.4, -0.2) is 10.2 Å². The van der Waals surface area contributed by atoms with Crippen molar-refractivity contribution in [2.45, 2.75) is 32.8 Å². The van der Waals surface area contributed by atoms with E-state index in [1.54, 1.807) is 26.0 Å². The van der Waals surface area contributed by atoms with Gasteiger partial charge in [-0.15, -0.1) is 0 Å². The van der Waals surface area contributed by atoms with E-state index in [0.29, 0.717) is 16.5 Å². The number of nitrogens with zero attached hydrogens (tertiary/aromatic N) is 2. The zero-order chi connectivity index (χ0) is 16.3. The summed E-state index contributed by atoms with van der Waals surface area (Å²) >= 11 is 6.17. The molecule has 0 saturated heterocycles. The summed E-state index contributed by atoms with van der Waals surface area (Å²) < 4.78 is 5.79. The van der Waals surface area contributed by atoms with Crippen LogP contribution in [0.1, 0.15) is 30.7 Å². The average Bonchev–Trinajstić information content (AvgIpc) is 2.49. The molecule has 0 unspecified atom stereocenters. The first-order valence-corrected chi connectivity index (χ1v) is 7.10. The van der Waals surface area contributed by atoms with E-state index >= 15 is 0 Å². The van der Waals surface area contributed by atoms with Crippen LogP contribution in [0.25, 0.3) is 0 Å².